The maximum Gasteiger partial charge on any atom is 0.320 e. The lowest BCUT2D eigenvalue weighted by atomic mass is 10.2. The molecule has 0 radical (unpaired) electrons. The number of hydrogen-bond donors (Lipinski definition) is 3. The molecule has 1 saturated carbocycles. The van der Waals surface area contributed by atoms with E-state index in [1.54, 1.807) is 12.4 Å². The summed E-state index contributed by atoms with van der Waals surface area (Å²) in [7, 11) is 0. The number of nitrogens with zero attached hydrogens (tertiary/aromatic N) is 2. The molecule has 0 saturated heterocycles. The molecule has 3 N–H and O–H groups in total. The molecule has 0 atom stereocenters. The van der Waals surface area contributed by atoms with Gasteiger partial charge in [-0.2, -0.15) is 0 Å². The number of hydrogen-bond acceptors (Lipinski definition) is 3. The third kappa shape index (κ3) is 2.27. The number of H-pyrrole nitrogens is 1. The van der Waals surface area contributed by atoms with E-state index in [2.05, 4.69) is 25.6 Å². The monoisotopic (exact) mass is 245 g/mol. The first-order chi connectivity index (χ1) is 8.81. The number of aromatic amines is 1. The minimum Gasteiger partial charge on any atom is -0.345 e. The van der Waals surface area contributed by atoms with Crippen molar-refractivity contribution in [1.29, 1.82) is 0 Å². The largest absolute Gasteiger partial charge is 0.345 e. The normalized spacial score (nSPS) is 16.0. The number of amides is 2. The first-order valence-electron chi connectivity index (χ1n) is 6.19. The second kappa shape index (κ2) is 4.64. The lowest BCUT2D eigenvalue weighted by molar-refractivity contribution is 0.248. The molecule has 0 unspecified atom stereocenters. The molecule has 2 aromatic heterocycles. The summed E-state index contributed by atoms with van der Waals surface area (Å²) in [5, 5.41) is 5.66. The van der Waals surface area contributed by atoms with E-state index in [4.69, 9.17) is 0 Å². The Labute approximate surface area is 104 Å². The Bertz CT molecular complexity index is 558. The minimum atomic E-state index is -0.203. The molecular weight excluding hydrogens is 230 g/mol. The molecule has 0 spiro atoms. The number of carbonyl (C=O) groups excluding carboxylic acids is 1. The van der Waals surface area contributed by atoms with Crippen molar-refractivity contribution in [1.82, 2.24) is 20.3 Å². The first-order valence-corrected chi connectivity index (χ1v) is 6.19. The van der Waals surface area contributed by atoms with Crippen molar-refractivity contribution >= 4 is 23.0 Å². The standard InChI is InChI=1S/C12H15N5O/c18-12(15-8-3-1-2-4-8)17-10-7-14-11-9(16-10)5-6-13-11/h5-8H,1-4H2,(H,13,14)(H2,15,16,17,18). The lowest BCUT2D eigenvalue weighted by Gasteiger charge is -2.12. The van der Waals surface area contributed by atoms with Crippen LogP contribution in [0.3, 0.4) is 0 Å². The molecule has 94 valence electrons. The average molecular weight is 245 g/mol. The van der Waals surface area contributed by atoms with Crippen LogP contribution < -0.4 is 10.6 Å². The van der Waals surface area contributed by atoms with Crippen molar-refractivity contribution in [3.8, 4) is 0 Å². The zero-order valence-corrected chi connectivity index (χ0v) is 9.94. The average Bonchev–Trinajstić information content (AvgIpc) is 2.98. The van der Waals surface area contributed by atoms with Crippen molar-refractivity contribution in [2.24, 2.45) is 0 Å². The highest BCUT2D eigenvalue weighted by Crippen LogP contribution is 2.17. The second-order valence-electron chi connectivity index (χ2n) is 4.55. The molecule has 2 amide bonds. The van der Waals surface area contributed by atoms with Gasteiger partial charge in [0.1, 0.15) is 5.52 Å². The number of nitrogens with one attached hydrogen (secondary N) is 3. The van der Waals surface area contributed by atoms with Gasteiger partial charge in [0.15, 0.2) is 11.5 Å². The van der Waals surface area contributed by atoms with E-state index in [0.717, 1.165) is 24.0 Å². The van der Waals surface area contributed by atoms with Gasteiger partial charge < -0.3 is 10.3 Å². The van der Waals surface area contributed by atoms with Crippen LogP contribution in [0.25, 0.3) is 11.2 Å². The van der Waals surface area contributed by atoms with Crippen LogP contribution in [0.2, 0.25) is 0 Å². The Morgan fingerprint density at radius 3 is 3.06 bits per heavy atom. The molecule has 0 bridgehead atoms. The van der Waals surface area contributed by atoms with Gasteiger partial charge in [-0.25, -0.2) is 14.8 Å². The van der Waals surface area contributed by atoms with Crippen LogP contribution in [-0.2, 0) is 0 Å². The van der Waals surface area contributed by atoms with Crippen molar-refractivity contribution in [3.05, 3.63) is 18.5 Å². The van der Waals surface area contributed by atoms with E-state index in [-0.39, 0.29) is 6.03 Å². The Morgan fingerprint density at radius 1 is 1.39 bits per heavy atom. The van der Waals surface area contributed by atoms with Gasteiger partial charge >= 0.3 is 6.03 Å². The minimum absolute atomic E-state index is 0.203. The molecule has 2 aromatic rings. The fourth-order valence-electron chi connectivity index (χ4n) is 2.30. The first kappa shape index (κ1) is 11.0. The molecule has 6 heteroatoms. The molecule has 2 heterocycles. The third-order valence-electron chi connectivity index (χ3n) is 3.19. The highest BCUT2D eigenvalue weighted by Gasteiger charge is 2.17. The smallest absolute Gasteiger partial charge is 0.320 e. The zero-order chi connectivity index (χ0) is 12.4. The van der Waals surface area contributed by atoms with E-state index >= 15 is 0 Å². The van der Waals surface area contributed by atoms with Crippen LogP contribution in [0.1, 0.15) is 25.7 Å². The van der Waals surface area contributed by atoms with Crippen molar-refractivity contribution in [2.45, 2.75) is 31.7 Å². The van der Waals surface area contributed by atoms with Gasteiger partial charge in [0.05, 0.1) is 6.20 Å². The summed E-state index contributed by atoms with van der Waals surface area (Å²) in [6.45, 7) is 0. The maximum absolute atomic E-state index is 11.7. The van der Waals surface area contributed by atoms with Crippen molar-refractivity contribution in [3.63, 3.8) is 0 Å². The summed E-state index contributed by atoms with van der Waals surface area (Å²) in [6, 6.07) is 1.92. The fraction of sp³-hybridized carbons (Fsp3) is 0.417. The third-order valence-corrected chi connectivity index (χ3v) is 3.19. The van der Waals surface area contributed by atoms with Gasteiger partial charge in [-0.1, -0.05) is 12.8 Å². The number of fused-ring (bicyclic) bond motifs is 1. The Hall–Kier alpha value is -2.11. The summed E-state index contributed by atoms with van der Waals surface area (Å²) in [6.07, 6.45) is 7.84. The molecule has 0 aromatic carbocycles. The Kier molecular flexibility index (Phi) is 2.84. The molecule has 3 rings (SSSR count). The summed E-state index contributed by atoms with van der Waals surface area (Å²) < 4.78 is 0. The molecule has 6 nitrogen and oxygen atoms in total. The maximum atomic E-state index is 11.7. The summed E-state index contributed by atoms with van der Waals surface area (Å²) in [5.41, 5.74) is 1.46. The van der Waals surface area contributed by atoms with Crippen LogP contribution in [0, 0.1) is 0 Å². The summed E-state index contributed by atoms with van der Waals surface area (Å²) in [5.74, 6) is 0.470. The second-order valence-corrected chi connectivity index (χ2v) is 4.55. The zero-order valence-electron chi connectivity index (χ0n) is 9.94. The van der Waals surface area contributed by atoms with E-state index < -0.39 is 0 Å². The van der Waals surface area contributed by atoms with E-state index in [1.165, 1.54) is 12.8 Å². The fourth-order valence-corrected chi connectivity index (χ4v) is 2.30. The predicted molar refractivity (Wildman–Crippen MR) is 68.3 cm³/mol. The summed E-state index contributed by atoms with van der Waals surface area (Å²) in [4.78, 5) is 23.2. The van der Waals surface area contributed by atoms with Gasteiger partial charge in [0.25, 0.3) is 0 Å². The molecule has 1 aliphatic rings. The number of anilines is 1. The van der Waals surface area contributed by atoms with E-state index in [1.807, 2.05) is 6.07 Å². The van der Waals surface area contributed by atoms with Crippen molar-refractivity contribution in [2.75, 3.05) is 5.32 Å². The number of carbonyl (C=O) groups is 1. The molecule has 0 aliphatic heterocycles. The topological polar surface area (TPSA) is 82.7 Å². The van der Waals surface area contributed by atoms with Gasteiger partial charge in [-0.3, -0.25) is 5.32 Å². The van der Waals surface area contributed by atoms with E-state index in [9.17, 15) is 4.79 Å². The van der Waals surface area contributed by atoms with Crippen LogP contribution in [-0.4, -0.2) is 27.0 Å². The Morgan fingerprint density at radius 2 is 2.22 bits per heavy atom. The van der Waals surface area contributed by atoms with Gasteiger partial charge in [-0.05, 0) is 18.9 Å². The number of rotatable bonds is 2. The van der Waals surface area contributed by atoms with Crippen LogP contribution in [0.15, 0.2) is 18.5 Å². The van der Waals surface area contributed by atoms with Gasteiger partial charge in [0, 0.05) is 12.2 Å². The quantitative estimate of drug-likeness (QED) is 0.757. The van der Waals surface area contributed by atoms with Crippen molar-refractivity contribution < 1.29 is 4.79 Å². The summed E-state index contributed by atoms with van der Waals surface area (Å²) >= 11 is 0. The van der Waals surface area contributed by atoms with Crippen LogP contribution in [0.5, 0.6) is 0 Å². The highest BCUT2D eigenvalue weighted by molar-refractivity contribution is 5.89. The number of urea groups is 1. The molecule has 18 heavy (non-hydrogen) atoms. The van der Waals surface area contributed by atoms with E-state index in [0.29, 0.717) is 11.9 Å². The number of aromatic nitrogens is 3. The molecular formula is C12H15N5O. The van der Waals surface area contributed by atoms with Crippen LogP contribution in [0.4, 0.5) is 10.6 Å². The van der Waals surface area contributed by atoms with Gasteiger partial charge in [-0.15, -0.1) is 0 Å². The lowest BCUT2D eigenvalue weighted by Crippen LogP contribution is -2.36. The molecule has 1 aliphatic carbocycles. The predicted octanol–water partition coefficient (Wildman–Crippen LogP) is 2.02. The van der Waals surface area contributed by atoms with Gasteiger partial charge in [0.2, 0.25) is 0 Å². The highest BCUT2D eigenvalue weighted by atomic mass is 16.2. The Balaban J connectivity index is 1.65. The molecule has 1 fully saturated rings. The SMILES string of the molecule is O=C(Nc1cnc2[nH]ccc2n1)NC1CCCC1. The van der Waals surface area contributed by atoms with Crippen LogP contribution >= 0.6 is 0 Å².